The molecule has 0 unspecified atom stereocenters. The van der Waals surface area contributed by atoms with E-state index in [0.717, 1.165) is 22.2 Å². The number of hydrogen-bond acceptors (Lipinski definition) is 1. The number of aliphatic hydroxyl groups is 1. The van der Waals surface area contributed by atoms with Gasteiger partial charge in [-0.3, -0.25) is 0 Å². The van der Waals surface area contributed by atoms with Crippen LogP contribution in [0, 0.1) is 6.92 Å². The fourth-order valence-corrected chi connectivity index (χ4v) is 2.56. The highest BCUT2D eigenvalue weighted by Crippen LogP contribution is 2.27. The molecule has 2 aromatic carbocycles. The van der Waals surface area contributed by atoms with Crippen molar-refractivity contribution in [1.29, 1.82) is 0 Å². The highest BCUT2D eigenvalue weighted by Gasteiger charge is 2.09. The van der Waals surface area contributed by atoms with Crippen molar-refractivity contribution in [3.8, 4) is 5.69 Å². The Morgan fingerprint density at radius 3 is 2.74 bits per heavy atom. The lowest BCUT2D eigenvalue weighted by atomic mass is 10.1. The quantitative estimate of drug-likeness (QED) is 0.746. The third kappa shape index (κ3) is 2.14. The zero-order valence-electron chi connectivity index (χ0n) is 10.6. The predicted molar refractivity (Wildman–Crippen MR) is 78.9 cm³/mol. The van der Waals surface area contributed by atoms with Crippen LogP contribution in [0.15, 0.2) is 48.7 Å². The molecule has 0 spiro atoms. The zero-order chi connectivity index (χ0) is 13.4. The van der Waals surface area contributed by atoms with Gasteiger partial charge in [0.1, 0.15) is 0 Å². The number of fused-ring (bicyclic) bond motifs is 1. The van der Waals surface area contributed by atoms with E-state index in [1.807, 2.05) is 30.5 Å². The molecule has 1 heterocycles. The van der Waals surface area contributed by atoms with Crippen molar-refractivity contribution in [2.24, 2.45) is 0 Å². The Hall–Kier alpha value is -1.77. The van der Waals surface area contributed by atoms with E-state index in [9.17, 15) is 5.11 Å². The molecule has 3 rings (SSSR count). The van der Waals surface area contributed by atoms with Gasteiger partial charge in [0.25, 0.3) is 0 Å². The summed E-state index contributed by atoms with van der Waals surface area (Å²) in [6, 6.07) is 14.0. The molecule has 2 nitrogen and oxygen atoms in total. The first-order chi connectivity index (χ1) is 9.19. The molecule has 3 aromatic rings. The Labute approximate surface area is 116 Å². The molecule has 0 aliphatic heterocycles. The Bertz CT molecular complexity index is 746. The lowest BCUT2D eigenvalue weighted by molar-refractivity contribution is 0.283. The van der Waals surface area contributed by atoms with Gasteiger partial charge in [0.05, 0.1) is 12.1 Å². The predicted octanol–water partition coefficient (Wildman–Crippen LogP) is 4.08. The van der Waals surface area contributed by atoms with Gasteiger partial charge in [0.15, 0.2) is 0 Å². The SMILES string of the molecule is Cc1ccc2c(c1)c(CO)cn2-c1cccc(Cl)c1. The fourth-order valence-electron chi connectivity index (χ4n) is 2.38. The highest BCUT2D eigenvalue weighted by atomic mass is 35.5. The van der Waals surface area contributed by atoms with E-state index in [-0.39, 0.29) is 6.61 Å². The number of benzene rings is 2. The highest BCUT2D eigenvalue weighted by molar-refractivity contribution is 6.30. The van der Waals surface area contributed by atoms with Crippen molar-refractivity contribution in [3.63, 3.8) is 0 Å². The van der Waals surface area contributed by atoms with Crippen LogP contribution in [0.25, 0.3) is 16.6 Å². The second-order valence-corrected chi connectivity index (χ2v) is 5.12. The van der Waals surface area contributed by atoms with Gasteiger partial charge in [0.2, 0.25) is 0 Å². The Morgan fingerprint density at radius 2 is 2.00 bits per heavy atom. The normalized spacial score (nSPS) is 11.1. The lowest BCUT2D eigenvalue weighted by Crippen LogP contribution is -1.91. The maximum Gasteiger partial charge on any atom is 0.0702 e. The van der Waals surface area contributed by atoms with Gasteiger partial charge in [-0.05, 0) is 37.3 Å². The molecule has 0 saturated carbocycles. The summed E-state index contributed by atoms with van der Waals surface area (Å²) in [5.74, 6) is 0. The summed E-state index contributed by atoms with van der Waals surface area (Å²) in [6.45, 7) is 2.09. The Balaban J connectivity index is 2.30. The Morgan fingerprint density at radius 1 is 1.16 bits per heavy atom. The summed E-state index contributed by atoms with van der Waals surface area (Å²) in [4.78, 5) is 0. The number of aryl methyl sites for hydroxylation is 1. The third-order valence-electron chi connectivity index (χ3n) is 3.30. The molecular formula is C16H14ClNO. The maximum atomic E-state index is 9.50. The zero-order valence-corrected chi connectivity index (χ0v) is 11.4. The van der Waals surface area contributed by atoms with Crippen LogP contribution in [-0.4, -0.2) is 9.67 Å². The number of aliphatic hydroxyl groups excluding tert-OH is 1. The smallest absolute Gasteiger partial charge is 0.0702 e. The molecule has 19 heavy (non-hydrogen) atoms. The van der Waals surface area contributed by atoms with E-state index in [2.05, 4.69) is 29.7 Å². The second-order valence-electron chi connectivity index (χ2n) is 4.68. The maximum absolute atomic E-state index is 9.50. The van der Waals surface area contributed by atoms with Crippen molar-refractivity contribution in [3.05, 3.63) is 64.8 Å². The molecular weight excluding hydrogens is 258 g/mol. The number of nitrogens with zero attached hydrogens (tertiary/aromatic N) is 1. The summed E-state index contributed by atoms with van der Waals surface area (Å²) in [5.41, 5.74) is 4.20. The standard InChI is InChI=1S/C16H14ClNO/c1-11-5-6-16-15(7-11)12(10-19)9-18(16)14-4-2-3-13(17)8-14/h2-9,19H,10H2,1H3. The largest absolute Gasteiger partial charge is 0.392 e. The minimum absolute atomic E-state index is 0.0352. The molecule has 0 fully saturated rings. The molecule has 0 aliphatic rings. The monoisotopic (exact) mass is 271 g/mol. The van der Waals surface area contributed by atoms with Gasteiger partial charge in [-0.1, -0.05) is 29.3 Å². The molecule has 0 amide bonds. The van der Waals surface area contributed by atoms with Crippen LogP contribution in [0.3, 0.4) is 0 Å². The van der Waals surface area contributed by atoms with Gasteiger partial charge in [-0.25, -0.2) is 0 Å². The van der Waals surface area contributed by atoms with Gasteiger partial charge in [-0.2, -0.15) is 0 Å². The molecule has 3 heteroatoms. The van der Waals surface area contributed by atoms with Crippen LogP contribution in [0.1, 0.15) is 11.1 Å². The first-order valence-corrected chi connectivity index (χ1v) is 6.54. The fraction of sp³-hybridized carbons (Fsp3) is 0.125. The first kappa shape index (κ1) is 12.3. The molecule has 1 aromatic heterocycles. The van der Waals surface area contributed by atoms with E-state index >= 15 is 0 Å². The van der Waals surface area contributed by atoms with Gasteiger partial charge < -0.3 is 9.67 Å². The molecule has 0 saturated heterocycles. The van der Waals surface area contributed by atoms with Crippen LogP contribution < -0.4 is 0 Å². The average Bonchev–Trinajstić information content (AvgIpc) is 2.76. The summed E-state index contributed by atoms with van der Waals surface area (Å²) in [5, 5.41) is 11.3. The molecule has 0 bridgehead atoms. The molecule has 0 atom stereocenters. The van der Waals surface area contributed by atoms with Crippen molar-refractivity contribution in [1.82, 2.24) is 4.57 Å². The summed E-state index contributed by atoms with van der Waals surface area (Å²) < 4.78 is 2.06. The van der Waals surface area contributed by atoms with Crippen LogP contribution in [0.4, 0.5) is 0 Å². The molecule has 96 valence electrons. The van der Waals surface area contributed by atoms with Crippen LogP contribution in [0.5, 0.6) is 0 Å². The van der Waals surface area contributed by atoms with E-state index in [4.69, 9.17) is 11.6 Å². The van der Waals surface area contributed by atoms with E-state index < -0.39 is 0 Å². The molecule has 0 aliphatic carbocycles. The van der Waals surface area contributed by atoms with Crippen LogP contribution in [-0.2, 0) is 6.61 Å². The van der Waals surface area contributed by atoms with Crippen molar-refractivity contribution >= 4 is 22.5 Å². The number of hydrogen-bond donors (Lipinski definition) is 1. The summed E-state index contributed by atoms with van der Waals surface area (Å²) in [7, 11) is 0. The van der Waals surface area contributed by atoms with E-state index in [0.29, 0.717) is 5.02 Å². The third-order valence-corrected chi connectivity index (χ3v) is 3.53. The van der Waals surface area contributed by atoms with Gasteiger partial charge in [-0.15, -0.1) is 0 Å². The topological polar surface area (TPSA) is 25.2 Å². The van der Waals surface area contributed by atoms with Crippen molar-refractivity contribution in [2.45, 2.75) is 13.5 Å². The summed E-state index contributed by atoms with van der Waals surface area (Å²) >= 11 is 6.05. The number of halogens is 1. The van der Waals surface area contributed by atoms with Crippen LogP contribution in [0.2, 0.25) is 5.02 Å². The van der Waals surface area contributed by atoms with Crippen molar-refractivity contribution in [2.75, 3.05) is 0 Å². The number of rotatable bonds is 2. The lowest BCUT2D eigenvalue weighted by Gasteiger charge is -2.06. The summed E-state index contributed by atoms with van der Waals surface area (Å²) in [6.07, 6.45) is 1.97. The molecule has 1 N–H and O–H groups in total. The van der Waals surface area contributed by atoms with E-state index in [1.165, 1.54) is 5.56 Å². The number of aromatic nitrogens is 1. The van der Waals surface area contributed by atoms with Crippen LogP contribution >= 0.6 is 11.6 Å². The van der Waals surface area contributed by atoms with E-state index in [1.54, 1.807) is 0 Å². The first-order valence-electron chi connectivity index (χ1n) is 6.16. The van der Waals surface area contributed by atoms with Gasteiger partial charge in [0, 0.05) is 27.9 Å². The van der Waals surface area contributed by atoms with Gasteiger partial charge >= 0.3 is 0 Å². The minimum atomic E-state index is 0.0352. The molecule has 0 radical (unpaired) electrons. The minimum Gasteiger partial charge on any atom is -0.392 e. The average molecular weight is 272 g/mol. The Kier molecular flexibility index (Phi) is 3.05. The second kappa shape index (κ2) is 4.72. The van der Waals surface area contributed by atoms with Crippen molar-refractivity contribution < 1.29 is 5.11 Å².